The summed E-state index contributed by atoms with van der Waals surface area (Å²) in [6, 6.07) is 5.82. The summed E-state index contributed by atoms with van der Waals surface area (Å²) in [6.45, 7) is 5.20. The van der Waals surface area contributed by atoms with Gasteiger partial charge in [-0.2, -0.15) is 5.26 Å². The van der Waals surface area contributed by atoms with Gasteiger partial charge >= 0.3 is 5.97 Å². The van der Waals surface area contributed by atoms with E-state index in [0.29, 0.717) is 37.4 Å². The Morgan fingerprint density at radius 2 is 1.97 bits per heavy atom. The third-order valence-electron chi connectivity index (χ3n) is 6.13. The molecule has 0 bridgehead atoms. The highest BCUT2D eigenvalue weighted by molar-refractivity contribution is 5.84. The van der Waals surface area contributed by atoms with Gasteiger partial charge in [-0.25, -0.2) is 4.98 Å². The van der Waals surface area contributed by atoms with E-state index >= 15 is 0 Å². The molecule has 7 nitrogen and oxygen atoms in total. The van der Waals surface area contributed by atoms with Crippen LogP contribution >= 0.6 is 0 Å². The number of pyridine rings is 1. The van der Waals surface area contributed by atoms with Crippen LogP contribution in [-0.2, 0) is 14.3 Å². The molecule has 2 aliphatic rings. The summed E-state index contributed by atoms with van der Waals surface area (Å²) in [6.07, 6.45) is 6.59. The molecule has 1 N–H and O–H groups in total. The maximum Gasteiger partial charge on any atom is 0.309 e. The van der Waals surface area contributed by atoms with E-state index in [1.807, 2.05) is 6.07 Å². The largest absolute Gasteiger partial charge is 0.452 e. The van der Waals surface area contributed by atoms with Crippen LogP contribution in [0.2, 0.25) is 0 Å². The highest BCUT2D eigenvalue weighted by Crippen LogP contribution is 2.25. The zero-order valence-electron chi connectivity index (χ0n) is 17.3. The first-order valence-corrected chi connectivity index (χ1v) is 10.6. The Morgan fingerprint density at radius 3 is 2.59 bits per heavy atom. The van der Waals surface area contributed by atoms with Gasteiger partial charge in [-0.3, -0.25) is 9.59 Å². The number of esters is 1. The van der Waals surface area contributed by atoms with Crippen molar-refractivity contribution in [1.82, 2.24) is 10.3 Å². The van der Waals surface area contributed by atoms with E-state index in [9.17, 15) is 9.59 Å². The Labute approximate surface area is 172 Å². The molecular weight excluding hydrogens is 368 g/mol. The number of nitrogens with one attached hydrogen (secondary N) is 1. The smallest absolute Gasteiger partial charge is 0.309 e. The molecule has 2 fully saturated rings. The molecule has 0 unspecified atom stereocenters. The van der Waals surface area contributed by atoms with Gasteiger partial charge in [0.05, 0.1) is 11.5 Å². The molecular formula is C22H30N4O3. The summed E-state index contributed by atoms with van der Waals surface area (Å²) in [7, 11) is 0. The summed E-state index contributed by atoms with van der Waals surface area (Å²) in [4.78, 5) is 31.4. The lowest BCUT2D eigenvalue weighted by Gasteiger charge is -2.32. The predicted molar refractivity (Wildman–Crippen MR) is 109 cm³/mol. The Balaban J connectivity index is 1.45. The molecule has 1 aromatic heterocycles. The first kappa shape index (κ1) is 21.1. The lowest BCUT2D eigenvalue weighted by atomic mass is 9.86. The molecule has 3 rings (SSSR count). The van der Waals surface area contributed by atoms with Crippen LogP contribution in [0.5, 0.6) is 0 Å². The summed E-state index contributed by atoms with van der Waals surface area (Å²) >= 11 is 0. The monoisotopic (exact) mass is 398 g/mol. The highest BCUT2D eigenvalue weighted by Gasteiger charge is 2.30. The second-order valence-corrected chi connectivity index (χ2v) is 8.23. The second-order valence-electron chi connectivity index (χ2n) is 8.23. The molecule has 1 aliphatic heterocycles. The fourth-order valence-corrected chi connectivity index (χ4v) is 4.14. The Kier molecular flexibility index (Phi) is 7.08. The molecule has 1 aromatic rings. The predicted octanol–water partition coefficient (Wildman–Crippen LogP) is 2.80. The molecule has 1 amide bonds. The number of amides is 1. The molecule has 2 heterocycles. The summed E-state index contributed by atoms with van der Waals surface area (Å²) in [5.74, 6) is 0.586. The van der Waals surface area contributed by atoms with Crippen LogP contribution in [0.25, 0.3) is 0 Å². The number of carbonyl (C=O) groups excluding carboxylic acids is 2. The molecule has 7 heteroatoms. The summed E-state index contributed by atoms with van der Waals surface area (Å²) in [5.41, 5.74) is 0.530. The number of aromatic nitrogens is 1. The van der Waals surface area contributed by atoms with E-state index in [1.54, 1.807) is 19.2 Å². The molecule has 3 atom stereocenters. The van der Waals surface area contributed by atoms with Crippen molar-refractivity contribution in [3.05, 3.63) is 23.9 Å². The van der Waals surface area contributed by atoms with Crippen molar-refractivity contribution in [2.24, 2.45) is 11.8 Å². The van der Waals surface area contributed by atoms with Crippen LogP contribution in [-0.4, -0.2) is 42.1 Å². The molecule has 1 aliphatic carbocycles. The van der Waals surface area contributed by atoms with Crippen molar-refractivity contribution in [1.29, 1.82) is 5.26 Å². The topological polar surface area (TPSA) is 95.3 Å². The molecule has 156 valence electrons. The van der Waals surface area contributed by atoms with Gasteiger partial charge in [0.1, 0.15) is 11.9 Å². The lowest BCUT2D eigenvalue weighted by molar-refractivity contribution is -0.159. The fourth-order valence-electron chi connectivity index (χ4n) is 4.14. The first-order chi connectivity index (χ1) is 14.0. The van der Waals surface area contributed by atoms with Gasteiger partial charge in [0.2, 0.25) is 0 Å². The molecule has 0 spiro atoms. The van der Waals surface area contributed by atoms with E-state index in [0.717, 1.165) is 25.1 Å². The van der Waals surface area contributed by atoms with Crippen LogP contribution in [0.15, 0.2) is 18.3 Å². The Bertz CT molecular complexity index is 750. The quantitative estimate of drug-likeness (QED) is 0.767. The van der Waals surface area contributed by atoms with Crippen LogP contribution < -0.4 is 10.2 Å². The van der Waals surface area contributed by atoms with Gasteiger partial charge < -0.3 is 15.0 Å². The SMILES string of the molecule is C[C@H](OC(=O)C1CCN(c2ccc(C#N)cn2)CC1)C(=O)N[C@@H]1CCCC[C@H]1C. The Hall–Kier alpha value is -2.62. The number of nitrogens with zero attached hydrogens (tertiary/aromatic N) is 3. The van der Waals surface area contributed by atoms with Gasteiger partial charge in [-0.15, -0.1) is 0 Å². The van der Waals surface area contributed by atoms with E-state index in [-0.39, 0.29) is 23.8 Å². The standard InChI is InChI=1S/C22H30N4O3/c1-15-5-3-4-6-19(15)25-21(27)16(2)29-22(28)18-9-11-26(12-10-18)20-8-7-17(13-23)14-24-20/h7-8,14-16,18-19H,3-6,9-12H2,1-2H3,(H,25,27)/t15-,16+,19-/m1/s1. The number of anilines is 1. The average Bonchev–Trinajstić information content (AvgIpc) is 2.75. The van der Waals surface area contributed by atoms with Crippen LogP contribution in [0, 0.1) is 23.2 Å². The number of carbonyl (C=O) groups is 2. The summed E-state index contributed by atoms with van der Waals surface area (Å²) in [5, 5.41) is 11.9. The third-order valence-corrected chi connectivity index (χ3v) is 6.13. The van der Waals surface area contributed by atoms with Gasteiger partial charge in [0.15, 0.2) is 6.10 Å². The van der Waals surface area contributed by atoms with E-state index in [4.69, 9.17) is 10.00 Å². The van der Waals surface area contributed by atoms with Crippen LogP contribution in [0.3, 0.4) is 0 Å². The zero-order chi connectivity index (χ0) is 20.8. The van der Waals surface area contributed by atoms with Crippen molar-refractivity contribution in [3.8, 4) is 6.07 Å². The van der Waals surface area contributed by atoms with Crippen molar-refractivity contribution in [2.75, 3.05) is 18.0 Å². The number of hydrogen-bond donors (Lipinski definition) is 1. The van der Waals surface area contributed by atoms with Crippen molar-refractivity contribution in [2.45, 2.75) is 64.5 Å². The zero-order valence-corrected chi connectivity index (χ0v) is 17.3. The fraction of sp³-hybridized carbons (Fsp3) is 0.636. The highest BCUT2D eigenvalue weighted by atomic mass is 16.5. The average molecular weight is 399 g/mol. The lowest BCUT2D eigenvalue weighted by Crippen LogP contribution is -2.46. The Morgan fingerprint density at radius 1 is 1.24 bits per heavy atom. The van der Waals surface area contributed by atoms with Gasteiger partial charge in [0.25, 0.3) is 5.91 Å². The minimum absolute atomic E-state index is 0.181. The molecule has 0 radical (unpaired) electrons. The normalized spacial score (nSPS) is 23.7. The minimum Gasteiger partial charge on any atom is -0.452 e. The molecule has 1 saturated heterocycles. The number of ether oxygens (including phenoxy) is 1. The van der Waals surface area contributed by atoms with Gasteiger partial charge in [-0.05, 0) is 50.7 Å². The molecule has 1 saturated carbocycles. The third kappa shape index (κ3) is 5.47. The van der Waals surface area contributed by atoms with Gasteiger partial charge in [0, 0.05) is 25.3 Å². The number of hydrogen-bond acceptors (Lipinski definition) is 6. The van der Waals surface area contributed by atoms with Crippen LogP contribution in [0.4, 0.5) is 5.82 Å². The molecule has 29 heavy (non-hydrogen) atoms. The molecule has 0 aromatic carbocycles. The maximum atomic E-state index is 12.5. The van der Waals surface area contributed by atoms with Crippen molar-refractivity contribution < 1.29 is 14.3 Å². The van der Waals surface area contributed by atoms with Gasteiger partial charge in [-0.1, -0.05) is 19.8 Å². The van der Waals surface area contributed by atoms with Crippen molar-refractivity contribution >= 4 is 17.7 Å². The number of nitriles is 1. The maximum absolute atomic E-state index is 12.5. The van der Waals surface area contributed by atoms with Crippen LogP contribution in [0.1, 0.15) is 57.9 Å². The van der Waals surface area contributed by atoms with Crippen molar-refractivity contribution in [3.63, 3.8) is 0 Å². The minimum atomic E-state index is -0.769. The first-order valence-electron chi connectivity index (χ1n) is 10.6. The summed E-state index contributed by atoms with van der Waals surface area (Å²) < 4.78 is 5.48. The second kappa shape index (κ2) is 9.73. The van der Waals surface area contributed by atoms with E-state index < -0.39 is 6.10 Å². The van der Waals surface area contributed by atoms with E-state index in [1.165, 1.54) is 6.42 Å². The number of rotatable bonds is 5. The number of piperidine rings is 1. The van der Waals surface area contributed by atoms with E-state index in [2.05, 4.69) is 28.2 Å².